The first-order valence-corrected chi connectivity index (χ1v) is 11.1. The molecular weight excluding hydrogens is 410 g/mol. The van der Waals surface area contributed by atoms with Gasteiger partial charge in [-0.15, -0.1) is 0 Å². The van der Waals surface area contributed by atoms with Crippen molar-refractivity contribution in [2.24, 2.45) is 5.41 Å². The van der Waals surface area contributed by atoms with Crippen LogP contribution in [0.15, 0.2) is 40.7 Å². The number of phenols is 1. The number of benzene rings is 1. The topological polar surface area (TPSA) is 94.1 Å². The molecule has 2 N–H and O–H groups in total. The van der Waals surface area contributed by atoms with Gasteiger partial charge >= 0.3 is 5.97 Å². The van der Waals surface area contributed by atoms with Crippen LogP contribution < -0.4 is 10.1 Å². The maximum atomic E-state index is 13.3. The number of Topliss-reactive ketones (excluding diaryl/α,β-unsaturated/α-hetero) is 1. The number of dihydropyridines is 1. The van der Waals surface area contributed by atoms with Gasteiger partial charge in [0.15, 0.2) is 17.3 Å². The van der Waals surface area contributed by atoms with E-state index in [0.29, 0.717) is 41.9 Å². The van der Waals surface area contributed by atoms with E-state index >= 15 is 0 Å². The molecule has 4 rings (SSSR count). The summed E-state index contributed by atoms with van der Waals surface area (Å²) in [4.78, 5) is 26.6. The van der Waals surface area contributed by atoms with Crippen LogP contribution in [0, 0.1) is 5.41 Å². The second kappa shape index (κ2) is 8.62. The Morgan fingerprint density at radius 2 is 2.09 bits per heavy atom. The zero-order valence-electron chi connectivity index (χ0n) is 19.1. The number of phenolic OH excluding ortho intramolecular Hbond substituents is 1. The Kier molecular flexibility index (Phi) is 6.03. The Labute approximate surface area is 188 Å². The fourth-order valence-corrected chi connectivity index (χ4v) is 4.94. The molecule has 32 heavy (non-hydrogen) atoms. The summed E-state index contributed by atoms with van der Waals surface area (Å²) in [6, 6.07) is 4.94. The van der Waals surface area contributed by atoms with E-state index in [1.807, 2.05) is 6.92 Å². The Morgan fingerprint density at radius 1 is 1.31 bits per heavy atom. The maximum Gasteiger partial charge on any atom is 0.336 e. The smallest absolute Gasteiger partial charge is 0.336 e. The predicted octanol–water partition coefficient (Wildman–Crippen LogP) is 3.73. The lowest BCUT2D eigenvalue weighted by molar-refractivity contribution is -0.142. The van der Waals surface area contributed by atoms with E-state index in [1.54, 1.807) is 12.1 Å². The molecule has 0 spiro atoms. The Morgan fingerprint density at radius 3 is 2.78 bits per heavy atom. The van der Waals surface area contributed by atoms with Crippen LogP contribution >= 0.6 is 0 Å². The SMILES string of the molecule is COc1cc([C@H]2C(C(=O)OC[C@@H]3CCCO3)=C(C)NC3=C2C(=O)CC(C)(C)C3)ccc1O. The minimum atomic E-state index is -0.596. The lowest BCUT2D eigenvalue weighted by atomic mass is 9.68. The monoisotopic (exact) mass is 441 g/mol. The minimum Gasteiger partial charge on any atom is -0.504 e. The van der Waals surface area contributed by atoms with Crippen LogP contribution in [0.3, 0.4) is 0 Å². The zero-order valence-corrected chi connectivity index (χ0v) is 19.1. The first-order chi connectivity index (χ1) is 15.2. The highest BCUT2D eigenvalue weighted by Gasteiger charge is 2.43. The molecule has 2 aliphatic heterocycles. The zero-order chi connectivity index (χ0) is 23.0. The lowest BCUT2D eigenvalue weighted by Crippen LogP contribution is -2.39. The summed E-state index contributed by atoms with van der Waals surface area (Å²) in [5.41, 5.74) is 3.04. The molecule has 0 amide bonds. The van der Waals surface area contributed by atoms with E-state index in [2.05, 4.69) is 19.2 Å². The number of nitrogens with one attached hydrogen (secondary N) is 1. The number of carbonyl (C=O) groups is 2. The number of hydrogen-bond donors (Lipinski definition) is 2. The highest BCUT2D eigenvalue weighted by molar-refractivity contribution is 6.04. The summed E-state index contributed by atoms with van der Waals surface area (Å²) in [7, 11) is 1.47. The molecular formula is C25H31NO6. The van der Waals surface area contributed by atoms with Gasteiger partial charge in [-0.2, -0.15) is 0 Å². The Hall–Kier alpha value is -2.80. The van der Waals surface area contributed by atoms with Crippen molar-refractivity contribution in [2.75, 3.05) is 20.3 Å². The van der Waals surface area contributed by atoms with Crippen LogP contribution in [0.5, 0.6) is 11.5 Å². The van der Waals surface area contributed by atoms with E-state index < -0.39 is 11.9 Å². The fraction of sp³-hybridized carbons (Fsp3) is 0.520. The summed E-state index contributed by atoms with van der Waals surface area (Å²) >= 11 is 0. The number of ether oxygens (including phenoxy) is 3. The summed E-state index contributed by atoms with van der Waals surface area (Å²) < 4.78 is 16.5. The third-order valence-corrected chi connectivity index (χ3v) is 6.42. The third-order valence-electron chi connectivity index (χ3n) is 6.42. The number of ketones is 1. The van der Waals surface area contributed by atoms with Crippen LogP contribution in [0.1, 0.15) is 57.9 Å². The molecule has 0 unspecified atom stereocenters. The van der Waals surface area contributed by atoms with E-state index in [9.17, 15) is 14.7 Å². The molecule has 1 fully saturated rings. The van der Waals surface area contributed by atoms with Crippen LogP contribution in [-0.2, 0) is 19.1 Å². The molecule has 1 saturated heterocycles. The van der Waals surface area contributed by atoms with Crippen molar-refractivity contribution in [3.63, 3.8) is 0 Å². The van der Waals surface area contributed by atoms with Gasteiger partial charge in [0.25, 0.3) is 0 Å². The average Bonchev–Trinajstić information content (AvgIpc) is 3.24. The molecule has 0 bridgehead atoms. The number of hydrogen-bond acceptors (Lipinski definition) is 7. The van der Waals surface area contributed by atoms with Crippen LogP contribution in [0.2, 0.25) is 0 Å². The largest absolute Gasteiger partial charge is 0.504 e. The van der Waals surface area contributed by atoms with Gasteiger partial charge < -0.3 is 24.6 Å². The van der Waals surface area contributed by atoms with Gasteiger partial charge in [-0.05, 0) is 49.3 Å². The third kappa shape index (κ3) is 4.26. The molecule has 2 atom stereocenters. The number of rotatable bonds is 5. The maximum absolute atomic E-state index is 13.3. The predicted molar refractivity (Wildman–Crippen MR) is 118 cm³/mol. The van der Waals surface area contributed by atoms with Crippen molar-refractivity contribution >= 4 is 11.8 Å². The summed E-state index contributed by atoms with van der Waals surface area (Å²) in [6.07, 6.45) is 2.84. The molecule has 2 heterocycles. The summed E-state index contributed by atoms with van der Waals surface area (Å²) in [5.74, 6) is -0.763. The van der Waals surface area contributed by atoms with Crippen LogP contribution in [0.25, 0.3) is 0 Å². The lowest BCUT2D eigenvalue weighted by Gasteiger charge is -2.39. The number of allylic oxidation sites excluding steroid dienone is 3. The summed E-state index contributed by atoms with van der Waals surface area (Å²) in [6.45, 7) is 6.85. The van der Waals surface area contributed by atoms with Crippen molar-refractivity contribution < 1.29 is 28.9 Å². The molecule has 172 valence electrons. The Balaban J connectivity index is 1.75. The van der Waals surface area contributed by atoms with Gasteiger partial charge in [0, 0.05) is 35.9 Å². The first kappa shape index (κ1) is 22.4. The standard InChI is InChI=1S/C25H31NO6/c1-14-21(24(29)32-13-16-6-5-9-31-16)22(15-7-8-18(27)20(10-15)30-4)23-17(26-14)11-25(2,3)12-19(23)28/h7-8,10,16,22,26-27H,5-6,9,11-13H2,1-4H3/t16-,22-/m0/s1. The average molecular weight is 442 g/mol. The number of esters is 1. The van der Waals surface area contributed by atoms with Crippen molar-refractivity contribution in [2.45, 2.75) is 58.5 Å². The van der Waals surface area contributed by atoms with Crippen molar-refractivity contribution in [1.29, 1.82) is 0 Å². The number of methoxy groups -OCH3 is 1. The van der Waals surface area contributed by atoms with Gasteiger partial charge in [0.1, 0.15) is 6.61 Å². The van der Waals surface area contributed by atoms with Crippen LogP contribution in [0.4, 0.5) is 0 Å². The molecule has 7 nitrogen and oxygen atoms in total. The van der Waals surface area contributed by atoms with Crippen molar-refractivity contribution in [3.8, 4) is 11.5 Å². The molecule has 1 aliphatic carbocycles. The van der Waals surface area contributed by atoms with E-state index in [-0.39, 0.29) is 35.4 Å². The van der Waals surface area contributed by atoms with Gasteiger partial charge in [0.2, 0.25) is 0 Å². The molecule has 0 saturated carbocycles. The van der Waals surface area contributed by atoms with Gasteiger partial charge in [-0.25, -0.2) is 4.79 Å². The highest BCUT2D eigenvalue weighted by atomic mass is 16.6. The normalized spacial score (nSPS) is 24.8. The van der Waals surface area contributed by atoms with Crippen LogP contribution in [-0.4, -0.2) is 43.3 Å². The molecule has 7 heteroatoms. The summed E-state index contributed by atoms with van der Waals surface area (Å²) in [5, 5.41) is 13.4. The molecule has 1 aromatic carbocycles. The second-order valence-corrected chi connectivity index (χ2v) is 9.59. The molecule has 0 aromatic heterocycles. The highest BCUT2D eigenvalue weighted by Crippen LogP contribution is 2.47. The molecule has 1 aromatic rings. The molecule has 0 radical (unpaired) electrons. The Bertz CT molecular complexity index is 1000. The first-order valence-electron chi connectivity index (χ1n) is 11.1. The van der Waals surface area contributed by atoms with Crippen molar-refractivity contribution in [1.82, 2.24) is 5.32 Å². The number of carbonyl (C=O) groups excluding carboxylic acids is 2. The number of aromatic hydroxyl groups is 1. The van der Waals surface area contributed by atoms with E-state index in [4.69, 9.17) is 14.2 Å². The van der Waals surface area contributed by atoms with E-state index in [1.165, 1.54) is 13.2 Å². The van der Waals surface area contributed by atoms with Crippen molar-refractivity contribution in [3.05, 3.63) is 46.3 Å². The quantitative estimate of drug-likeness (QED) is 0.673. The van der Waals surface area contributed by atoms with Gasteiger partial charge in [-0.1, -0.05) is 19.9 Å². The van der Waals surface area contributed by atoms with Gasteiger partial charge in [-0.3, -0.25) is 4.79 Å². The minimum absolute atomic E-state index is 0.00120. The van der Waals surface area contributed by atoms with E-state index in [0.717, 1.165) is 18.5 Å². The second-order valence-electron chi connectivity index (χ2n) is 9.59. The fourth-order valence-electron chi connectivity index (χ4n) is 4.94. The van der Waals surface area contributed by atoms with Gasteiger partial charge in [0.05, 0.1) is 18.8 Å². The molecule has 3 aliphatic rings.